The minimum Gasteiger partial charge on any atom is -0.365 e. The minimum atomic E-state index is -0.935. The highest BCUT2D eigenvalue weighted by Gasteiger charge is 1.85. The summed E-state index contributed by atoms with van der Waals surface area (Å²) in [6.45, 7) is 0. The lowest BCUT2D eigenvalue weighted by Crippen LogP contribution is -2.29. The number of nitrogens with zero attached hydrogens (tertiary/aromatic N) is 6. The fourth-order valence-electron chi connectivity index (χ4n) is 0.328. The van der Waals surface area contributed by atoms with Gasteiger partial charge >= 0.3 is 0 Å². The van der Waals surface area contributed by atoms with E-state index in [1.165, 1.54) is 0 Å². The summed E-state index contributed by atoms with van der Waals surface area (Å²) in [4.78, 5) is 10.3. The molecule has 0 saturated carbocycles. The van der Waals surface area contributed by atoms with Gasteiger partial charge in [-0.05, 0) is 5.10 Å². The molecule has 0 unspecified atom stereocenters. The Morgan fingerprint density at radius 3 is 3.00 bits per heavy atom. The van der Waals surface area contributed by atoms with E-state index in [-0.39, 0.29) is 5.62 Å². The molecule has 1 aromatic rings. The van der Waals surface area contributed by atoms with Gasteiger partial charge < -0.3 is 5.84 Å². The highest BCUT2D eigenvalue weighted by molar-refractivity contribution is 4.42. The summed E-state index contributed by atoms with van der Waals surface area (Å²) in [5, 5.41) is 20.7. The number of tetrazole rings is 1. The first-order valence-corrected chi connectivity index (χ1v) is 2.09. The number of nitrogens with two attached hydrogens (primary N) is 1. The maximum absolute atomic E-state index is 9.69. The molecule has 1 heterocycles. The van der Waals surface area contributed by atoms with Crippen molar-refractivity contribution < 1.29 is 5.03 Å². The van der Waals surface area contributed by atoms with E-state index in [1.54, 1.807) is 0 Å². The topological polar surface area (TPSA) is 126 Å². The Bertz CT molecular complexity index is 293. The molecule has 0 radical (unpaired) electrons. The van der Waals surface area contributed by atoms with Gasteiger partial charge in [0, 0.05) is 0 Å². The first-order valence-electron chi connectivity index (χ1n) is 2.09. The molecule has 0 bridgehead atoms. The summed E-state index contributed by atoms with van der Waals surface area (Å²) < 4.78 is 0. The molecule has 0 aliphatic heterocycles. The molecule has 0 aliphatic carbocycles. The van der Waals surface area contributed by atoms with E-state index in [1.807, 2.05) is 0 Å². The molecule has 1 rings (SSSR count). The molecule has 2 N–H and O–H groups in total. The monoisotopic (exact) mass is 144 g/mol. The molecule has 1 aromatic heterocycles. The quantitative estimate of drug-likeness (QED) is 0.255. The van der Waals surface area contributed by atoms with Gasteiger partial charge in [0.2, 0.25) is 0 Å². The van der Waals surface area contributed by atoms with Crippen molar-refractivity contribution in [3.05, 3.63) is 15.7 Å². The average Bonchev–Trinajstić information content (AvgIpc) is 2.15. The van der Waals surface area contributed by atoms with Crippen LogP contribution in [0.4, 0.5) is 0 Å². The molecule has 10 heavy (non-hydrogen) atoms. The standard InChI is InChI=1S/CH2N7O2/c2-7-1(3-5-6-7)4-8(9)10/h2H2/q-1. The number of rotatable bonds is 1. The lowest BCUT2D eigenvalue weighted by molar-refractivity contribution is -0.491. The second kappa shape index (κ2) is 2.13. The van der Waals surface area contributed by atoms with Crippen molar-refractivity contribution in [3.8, 4) is 0 Å². The Labute approximate surface area is 53.2 Å². The van der Waals surface area contributed by atoms with Crippen LogP contribution in [-0.2, 0) is 0 Å². The fraction of sp³-hybridized carbons (Fsp3) is 0. The van der Waals surface area contributed by atoms with Gasteiger partial charge in [-0.15, -0.1) is 5.21 Å². The molecular formula is CH2N7O2-. The van der Waals surface area contributed by atoms with Crippen LogP contribution in [0.25, 0.3) is 0 Å². The third-order valence-electron chi connectivity index (χ3n) is 0.647. The Kier molecular flexibility index (Phi) is 1.32. The van der Waals surface area contributed by atoms with Crippen LogP contribution in [0.2, 0.25) is 0 Å². The van der Waals surface area contributed by atoms with Crippen molar-refractivity contribution >= 4 is 0 Å². The number of nitro groups is 1. The summed E-state index contributed by atoms with van der Waals surface area (Å²) in [6, 6.07) is 0. The second-order valence-corrected chi connectivity index (χ2v) is 1.26. The Hall–Kier alpha value is -1.93. The average molecular weight is 144 g/mol. The SMILES string of the molecule is Nn1nn[n-]/c1=N\[N+](=O)[O-]. The number of aromatic nitrogens is 4. The number of hydrogen-bond donors (Lipinski definition) is 1. The van der Waals surface area contributed by atoms with Crippen LogP contribution >= 0.6 is 0 Å². The number of nitrogen functional groups attached to an aromatic ring is 1. The fourth-order valence-corrected chi connectivity index (χ4v) is 0.328. The van der Waals surface area contributed by atoms with Crippen LogP contribution in [0.3, 0.4) is 0 Å². The predicted octanol–water partition coefficient (Wildman–Crippen LogP) is -2.96. The van der Waals surface area contributed by atoms with Gasteiger partial charge in [0.25, 0.3) is 0 Å². The smallest absolute Gasteiger partial charge is 0.188 e. The molecule has 0 atom stereocenters. The van der Waals surface area contributed by atoms with E-state index < -0.39 is 5.03 Å². The van der Waals surface area contributed by atoms with Crippen LogP contribution in [0.5, 0.6) is 0 Å². The molecule has 0 amide bonds. The molecular weight excluding hydrogens is 142 g/mol. The zero-order valence-electron chi connectivity index (χ0n) is 4.58. The second-order valence-electron chi connectivity index (χ2n) is 1.26. The molecule has 0 saturated heterocycles. The van der Waals surface area contributed by atoms with E-state index in [2.05, 4.69) is 20.6 Å². The zero-order chi connectivity index (χ0) is 7.56. The van der Waals surface area contributed by atoms with E-state index in [4.69, 9.17) is 5.84 Å². The minimum absolute atomic E-state index is 0.343. The van der Waals surface area contributed by atoms with Crippen molar-refractivity contribution in [1.29, 1.82) is 0 Å². The van der Waals surface area contributed by atoms with Crippen LogP contribution in [-0.4, -0.2) is 20.2 Å². The molecule has 0 aliphatic rings. The Morgan fingerprint density at radius 2 is 2.60 bits per heavy atom. The van der Waals surface area contributed by atoms with E-state index in [0.29, 0.717) is 4.79 Å². The van der Waals surface area contributed by atoms with Crippen LogP contribution in [0.1, 0.15) is 0 Å². The van der Waals surface area contributed by atoms with Crippen molar-refractivity contribution in [2.75, 3.05) is 5.84 Å². The highest BCUT2D eigenvalue weighted by atomic mass is 16.7. The van der Waals surface area contributed by atoms with Gasteiger partial charge in [-0.2, -0.15) is 5.21 Å². The third kappa shape index (κ3) is 1.07. The van der Waals surface area contributed by atoms with E-state index in [9.17, 15) is 10.1 Å². The maximum Gasteiger partial charge on any atom is 0.188 e. The summed E-state index contributed by atoms with van der Waals surface area (Å²) in [6.07, 6.45) is 0. The highest BCUT2D eigenvalue weighted by Crippen LogP contribution is 1.60. The third-order valence-corrected chi connectivity index (χ3v) is 0.647. The van der Waals surface area contributed by atoms with Crippen molar-refractivity contribution in [1.82, 2.24) is 20.3 Å². The van der Waals surface area contributed by atoms with Crippen molar-refractivity contribution in [2.45, 2.75) is 0 Å². The lowest BCUT2D eigenvalue weighted by atomic mass is 11.2. The summed E-state index contributed by atoms with van der Waals surface area (Å²) in [5.41, 5.74) is -0.343. The Morgan fingerprint density at radius 1 is 1.90 bits per heavy atom. The lowest BCUT2D eigenvalue weighted by Gasteiger charge is -1.89. The van der Waals surface area contributed by atoms with Crippen LogP contribution < -0.4 is 16.6 Å². The number of hydrogen-bond acceptors (Lipinski definition) is 5. The van der Waals surface area contributed by atoms with Crippen LogP contribution in [0, 0.1) is 10.1 Å². The summed E-state index contributed by atoms with van der Waals surface area (Å²) in [7, 11) is 0. The largest absolute Gasteiger partial charge is 0.365 e. The molecule has 9 heteroatoms. The van der Waals surface area contributed by atoms with Gasteiger partial charge in [-0.3, -0.25) is 0 Å². The molecule has 0 aromatic carbocycles. The maximum atomic E-state index is 9.69. The van der Waals surface area contributed by atoms with Crippen molar-refractivity contribution in [2.24, 2.45) is 5.10 Å². The molecule has 54 valence electrons. The molecule has 9 nitrogen and oxygen atoms in total. The van der Waals surface area contributed by atoms with Gasteiger partial charge in [-0.25, -0.2) is 20.0 Å². The summed E-state index contributed by atoms with van der Waals surface area (Å²) >= 11 is 0. The normalized spacial score (nSPS) is 11.8. The van der Waals surface area contributed by atoms with Crippen molar-refractivity contribution in [3.63, 3.8) is 0 Å². The van der Waals surface area contributed by atoms with E-state index >= 15 is 0 Å². The zero-order valence-corrected chi connectivity index (χ0v) is 4.58. The Balaban J connectivity index is 3.15. The van der Waals surface area contributed by atoms with Gasteiger partial charge in [0.15, 0.2) is 5.62 Å². The predicted molar refractivity (Wildman–Crippen MR) is 26.0 cm³/mol. The van der Waals surface area contributed by atoms with Gasteiger partial charge in [0.05, 0.1) is 0 Å². The van der Waals surface area contributed by atoms with Gasteiger partial charge in [0.1, 0.15) is 5.03 Å². The van der Waals surface area contributed by atoms with Crippen LogP contribution in [0.15, 0.2) is 5.10 Å². The molecule has 0 spiro atoms. The first kappa shape index (κ1) is 6.19. The molecule has 0 fully saturated rings. The van der Waals surface area contributed by atoms with E-state index in [0.717, 1.165) is 0 Å². The first-order chi connectivity index (χ1) is 4.70. The summed E-state index contributed by atoms with van der Waals surface area (Å²) in [5.74, 6) is 4.97. The van der Waals surface area contributed by atoms with Gasteiger partial charge in [-0.1, -0.05) is 0 Å².